The molecule has 0 aliphatic carbocycles. The van der Waals surface area contributed by atoms with Crippen molar-refractivity contribution in [2.75, 3.05) is 26.7 Å². The Balaban J connectivity index is 1.92. The lowest BCUT2D eigenvalue weighted by molar-refractivity contribution is 0.108. The second-order valence-corrected chi connectivity index (χ2v) is 6.18. The van der Waals surface area contributed by atoms with Gasteiger partial charge in [-0.25, -0.2) is 0 Å². The van der Waals surface area contributed by atoms with Gasteiger partial charge in [-0.1, -0.05) is 13.3 Å². The number of rotatable bonds is 6. The van der Waals surface area contributed by atoms with Gasteiger partial charge in [0.2, 0.25) is 0 Å². The van der Waals surface area contributed by atoms with Gasteiger partial charge in [0, 0.05) is 6.54 Å². The van der Waals surface area contributed by atoms with Crippen molar-refractivity contribution < 1.29 is 4.42 Å². The van der Waals surface area contributed by atoms with Crippen LogP contribution in [0.4, 0.5) is 0 Å². The normalized spacial score (nSPS) is 18.9. The van der Waals surface area contributed by atoms with Crippen molar-refractivity contribution in [2.24, 2.45) is 5.41 Å². The van der Waals surface area contributed by atoms with E-state index in [4.69, 9.17) is 4.42 Å². The largest absolute Gasteiger partial charge is 0.465 e. The van der Waals surface area contributed by atoms with E-state index in [9.17, 15) is 0 Å². The van der Waals surface area contributed by atoms with Crippen molar-refractivity contribution in [3.05, 3.63) is 23.7 Å². The third-order valence-corrected chi connectivity index (χ3v) is 4.27. The van der Waals surface area contributed by atoms with E-state index >= 15 is 0 Å². The van der Waals surface area contributed by atoms with Gasteiger partial charge in [-0.3, -0.25) is 4.90 Å². The van der Waals surface area contributed by atoms with Crippen LogP contribution >= 0.6 is 0 Å². The van der Waals surface area contributed by atoms with E-state index in [0.29, 0.717) is 5.41 Å². The number of nitrogens with one attached hydrogen (secondary N) is 1. The Labute approximate surface area is 117 Å². The number of aryl methyl sites for hydroxylation is 1. The van der Waals surface area contributed by atoms with E-state index in [1.165, 1.54) is 45.3 Å². The maximum Gasteiger partial charge on any atom is 0.118 e. The van der Waals surface area contributed by atoms with Crippen LogP contribution in [-0.2, 0) is 6.54 Å². The standard InChI is InChI=1S/C16H28N2O/c1-4-7-16(8-10-17-11-9-16)13-18(3)12-15-6-5-14(2)19-15/h5-6,17H,4,7-13H2,1-3H3. The predicted octanol–water partition coefficient (Wildman–Crippen LogP) is 3.19. The lowest BCUT2D eigenvalue weighted by Crippen LogP contribution is -2.43. The van der Waals surface area contributed by atoms with Crippen LogP contribution in [0, 0.1) is 12.3 Å². The van der Waals surface area contributed by atoms with Gasteiger partial charge in [0.15, 0.2) is 0 Å². The highest BCUT2D eigenvalue weighted by Crippen LogP contribution is 2.35. The van der Waals surface area contributed by atoms with E-state index in [1.54, 1.807) is 0 Å². The van der Waals surface area contributed by atoms with Crippen LogP contribution in [-0.4, -0.2) is 31.6 Å². The lowest BCUT2D eigenvalue weighted by Gasteiger charge is -2.40. The second kappa shape index (κ2) is 6.58. The molecule has 1 N–H and O–H groups in total. The summed E-state index contributed by atoms with van der Waals surface area (Å²) < 4.78 is 5.68. The first-order valence-corrected chi connectivity index (χ1v) is 7.58. The fourth-order valence-corrected chi connectivity index (χ4v) is 3.44. The maximum absolute atomic E-state index is 5.68. The molecule has 1 fully saturated rings. The SMILES string of the molecule is CCCC1(CN(C)Cc2ccc(C)o2)CCNCC1. The number of hydrogen-bond acceptors (Lipinski definition) is 3. The molecule has 19 heavy (non-hydrogen) atoms. The van der Waals surface area contributed by atoms with Crippen LogP contribution in [0.25, 0.3) is 0 Å². The Kier molecular flexibility index (Phi) is 5.06. The van der Waals surface area contributed by atoms with Gasteiger partial charge in [0.05, 0.1) is 6.54 Å². The van der Waals surface area contributed by atoms with Crippen LogP contribution in [0.5, 0.6) is 0 Å². The van der Waals surface area contributed by atoms with E-state index in [1.807, 2.05) is 6.92 Å². The Morgan fingerprint density at radius 1 is 1.32 bits per heavy atom. The Morgan fingerprint density at radius 2 is 2.05 bits per heavy atom. The molecule has 1 aliphatic heterocycles. The average Bonchev–Trinajstić information content (AvgIpc) is 2.75. The summed E-state index contributed by atoms with van der Waals surface area (Å²) in [5.74, 6) is 2.09. The molecule has 0 bridgehead atoms. The lowest BCUT2D eigenvalue weighted by atomic mass is 9.75. The Hall–Kier alpha value is -0.800. The monoisotopic (exact) mass is 264 g/mol. The molecule has 108 valence electrons. The molecule has 0 amide bonds. The molecule has 3 nitrogen and oxygen atoms in total. The van der Waals surface area contributed by atoms with Crippen LogP contribution < -0.4 is 5.32 Å². The predicted molar refractivity (Wildman–Crippen MR) is 79.2 cm³/mol. The number of nitrogens with zero attached hydrogens (tertiary/aromatic N) is 1. The van der Waals surface area contributed by atoms with Crippen molar-refractivity contribution in [1.82, 2.24) is 10.2 Å². The van der Waals surface area contributed by atoms with Gasteiger partial charge in [0.1, 0.15) is 11.5 Å². The summed E-state index contributed by atoms with van der Waals surface area (Å²) in [6.07, 6.45) is 5.24. The quantitative estimate of drug-likeness (QED) is 0.855. The molecule has 1 aromatic heterocycles. The molecule has 0 atom stereocenters. The molecule has 0 spiro atoms. The van der Waals surface area contributed by atoms with E-state index in [-0.39, 0.29) is 0 Å². The molecule has 0 aromatic carbocycles. The molecule has 1 saturated heterocycles. The fraction of sp³-hybridized carbons (Fsp3) is 0.750. The third kappa shape index (κ3) is 4.08. The summed E-state index contributed by atoms with van der Waals surface area (Å²) in [5, 5.41) is 3.49. The smallest absolute Gasteiger partial charge is 0.118 e. The molecule has 2 rings (SSSR count). The van der Waals surface area contributed by atoms with Gasteiger partial charge in [-0.05, 0) is 63.9 Å². The molecule has 1 aliphatic rings. The molecular formula is C16H28N2O. The molecular weight excluding hydrogens is 236 g/mol. The van der Waals surface area contributed by atoms with Crippen LogP contribution in [0.3, 0.4) is 0 Å². The van der Waals surface area contributed by atoms with Gasteiger partial charge in [0.25, 0.3) is 0 Å². The van der Waals surface area contributed by atoms with E-state index in [0.717, 1.165) is 18.1 Å². The van der Waals surface area contributed by atoms with Gasteiger partial charge in [-0.2, -0.15) is 0 Å². The van der Waals surface area contributed by atoms with E-state index < -0.39 is 0 Å². The van der Waals surface area contributed by atoms with Crippen molar-refractivity contribution in [3.63, 3.8) is 0 Å². The first-order valence-electron chi connectivity index (χ1n) is 7.58. The summed E-state index contributed by atoms with van der Waals surface area (Å²) in [7, 11) is 2.22. The zero-order valence-corrected chi connectivity index (χ0v) is 12.7. The number of furan rings is 1. The van der Waals surface area contributed by atoms with Crippen molar-refractivity contribution in [1.29, 1.82) is 0 Å². The summed E-state index contributed by atoms with van der Waals surface area (Å²) in [5.41, 5.74) is 0.510. The summed E-state index contributed by atoms with van der Waals surface area (Å²) in [4.78, 5) is 2.43. The highest BCUT2D eigenvalue weighted by Gasteiger charge is 2.32. The Morgan fingerprint density at radius 3 is 2.63 bits per heavy atom. The molecule has 0 saturated carbocycles. The summed E-state index contributed by atoms with van der Waals surface area (Å²) >= 11 is 0. The van der Waals surface area contributed by atoms with Gasteiger partial charge < -0.3 is 9.73 Å². The van der Waals surface area contributed by atoms with Crippen molar-refractivity contribution >= 4 is 0 Å². The third-order valence-electron chi connectivity index (χ3n) is 4.27. The first-order chi connectivity index (χ1) is 9.13. The first kappa shape index (κ1) is 14.6. The fourth-order valence-electron chi connectivity index (χ4n) is 3.44. The average molecular weight is 264 g/mol. The van der Waals surface area contributed by atoms with Crippen molar-refractivity contribution in [3.8, 4) is 0 Å². The minimum Gasteiger partial charge on any atom is -0.465 e. The molecule has 0 radical (unpaired) electrons. The topological polar surface area (TPSA) is 28.4 Å². The molecule has 3 heteroatoms. The number of hydrogen-bond donors (Lipinski definition) is 1. The minimum absolute atomic E-state index is 0.510. The Bertz CT molecular complexity index is 374. The van der Waals surface area contributed by atoms with Crippen LogP contribution in [0.2, 0.25) is 0 Å². The highest BCUT2D eigenvalue weighted by atomic mass is 16.3. The van der Waals surface area contributed by atoms with Gasteiger partial charge >= 0.3 is 0 Å². The molecule has 1 aromatic rings. The highest BCUT2D eigenvalue weighted by molar-refractivity contribution is 5.05. The summed E-state index contributed by atoms with van der Waals surface area (Å²) in [6, 6.07) is 4.15. The zero-order valence-electron chi connectivity index (χ0n) is 12.7. The molecule has 2 heterocycles. The van der Waals surface area contributed by atoms with Crippen LogP contribution in [0.1, 0.15) is 44.1 Å². The van der Waals surface area contributed by atoms with Gasteiger partial charge in [-0.15, -0.1) is 0 Å². The minimum atomic E-state index is 0.510. The van der Waals surface area contributed by atoms with E-state index in [2.05, 4.69) is 36.3 Å². The van der Waals surface area contributed by atoms with Crippen LogP contribution in [0.15, 0.2) is 16.5 Å². The zero-order chi connectivity index (χ0) is 13.7. The maximum atomic E-state index is 5.68. The van der Waals surface area contributed by atoms with Crippen molar-refractivity contribution in [2.45, 2.75) is 46.1 Å². The second-order valence-electron chi connectivity index (χ2n) is 6.18. The molecule has 0 unspecified atom stereocenters. The number of piperidine rings is 1. The summed E-state index contributed by atoms with van der Waals surface area (Å²) in [6.45, 7) is 8.77.